The number of aromatic nitrogens is 4. The number of piperazine rings is 1. The third-order valence-electron chi connectivity index (χ3n) is 5.21. The summed E-state index contributed by atoms with van der Waals surface area (Å²) in [6.07, 6.45) is 6.26. The molecule has 0 aliphatic carbocycles. The average molecular weight is 355 g/mol. The topological polar surface area (TPSA) is 81.2 Å². The third kappa shape index (κ3) is 3.55. The zero-order valence-electron chi connectivity index (χ0n) is 15.2. The van der Waals surface area contributed by atoms with Crippen molar-refractivity contribution < 1.29 is 0 Å². The Balaban J connectivity index is 1.38. The number of hydrogen-bond acceptors (Lipinski definition) is 7. The molecule has 8 heteroatoms. The van der Waals surface area contributed by atoms with E-state index in [0.29, 0.717) is 5.95 Å². The van der Waals surface area contributed by atoms with Gasteiger partial charge in [0.1, 0.15) is 11.6 Å². The number of nitrogens with zero attached hydrogens (tertiary/aromatic N) is 6. The largest absolute Gasteiger partial charge is 0.359 e. The fraction of sp³-hybridized carbons (Fsp3) is 0.556. The van der Waals surface area contributed by atoms with Crippen LogP contribution in [0.15, 0.2) is 23.3 Å². The Morgan fingerprint density at radius 3 is 2.65 bits per heavy atom. The average Bonchev–Trinajstić information content (AvgIpc) is 2.68. The van der Waals surface area contributed by atoms with Crippen LogP contribution in [-0.4, -0.2) is 71.2 Å². The van der Waals surface area contributed by atoms with Gasteiger partial charge in [-0.25, -0.2) is 9.97 Å². The van der Waals surface area contributed by atoms with Crippen molar-refractivity contribution in [1.82, 2.24) is 24.8 Å². The summed E-state index contributed by atoms with van der Waals surface area (Å²) in [6, 6.07) is 1.84. The Hall–Kier alpha value is -2.48. The summed E-state index contributed by atoms with van der Waals surface area (Å²) in [5.74, 6) is 2.44. The smallest absolute Gasteiger partial charge is 0.257 e. The van der Waals surface area contributed by atoms with E-state index in [9.17, 15) is 4.79 Å². The molecule has 0 spiro atoms. The van der Waals surface area contributed by atoms with Gasteiger partial charge in [-0.05, 0) is 18.9 Å². The number of anilines is 2. The van der Waals surface area contributed by atoms with E-state index < -0.39 is 0 Å². The van der Waals surface area contributed by atoms with Crippen LogP contribution in [0.2, 0.25) is 0 Å². The zero-order valence-corrected chi connectivity index (χ0v) is 15.2. The third-order valence-corrected chi connectivity index (χ3v) is 5.21. The van der Waals surface area contributed by atoms with Gasteiger partial charge in [0.25, 0.3) is 5.56 Å². The fourth-order valence-electron chi connectivity index (χ4n) is 3.66. The van der Waals surface area contributed by atoms with Crippen LogP contribution < -0.4 is 15.4 Å². The minimum Gasteiger partial charge on any atom is -0.359 e. The summed E-state index contributed by atoms with van der Waals surface area (Å²) >= 11 is 0. The summed E-state index contributed by atoms with van der Waals surface area (Å²) < 4.78 is 0. The monoisotopic (exact) mass is 355 g/mol. The van der Waals surface area contributed by atoms with E-state index >= 15 is 0 Å². The van der Waals surface area contributed by atoms with E-state index in [4.69, 9.17) is 4.98 Å². The van der Waals surface area contributed by atoms with Crippen molar-refractivity contribution >= 4 is 11.8 Å². The summed E-state index contributed by atoms with van der Waals surface area (Å²) in [7, 11) is 2.01. The minimum atomic E-state index is 0.0141. The molecule has 138 valence electrons. The Labute approximate surface area is 152 Å². The van der Waals surface area contributed by atoms with Crippen LogP contribution in [0.5, 0.6) is 0 Å². The first-order chi connectivity index (χ1) is 12.7. The predicted octanol–water partition coefficient (Wildman–Crippen LogP) is 0.307. The highest BCUT2D eigenvalue weighted by Gasteiger charge is 2.23. The molecule has 0 unspecified atom stereocenters. The highest BCUT2D eigenvalue weighted by molar-refractivity contribution is 5.51. The second kappa shape index (κ2) is 7.41. The normalized spacial score (nSPS) is 18.0. The first-order valence-corrected chi connectivity index (χ1v) is 9.28. The second-order valence-electron chi connectivity index (χ2n) is 6.96. The van der Waals surface area contributed by atoms with Crippen molar-refractivity contribution in [2.75, 3.05) is 56.1 Å². The van der Waals surface area contributed by atoms with E-state index in [0.717, 1.165) is 75.7 Å². The lowest BCUT2D eigenvalue weighted by atomic mass is 10.1. The Morgan fingerprint density at radius 1 is 1.12 bits per heavy atom. The number of rotatable bonds is 4. The van der Waals surface area contributed by atoms with Gasteiger partial charge in [-0.1, -0.05) is 0 Å². The molecule has 8 nitrogen and oxygen atoms in total. The van der Waals surface area contributed by atoms with Crippen molar-refractivity contribution in [2.24, 2.45) is 0 Å². The molecule has 1 saturated heterocycles. The number of hydrogen-bond donors (Lipinski definition) is 1. The molecular formula is C18H25N7O. The highest BCUT2D eigenvalue weighted by Crippen LogP contribution is 2.22. The van der Waals surface area contributed by atoms with Crippen LogP contribution in [0.25, 0.3) is 0 Å². The van der Waals surface area contributed by atoms with E-state index in [1.807, 2.05) is 13.1 Å². The van der Waals surface area contributed by atoms with Gasteiger partial charge in [-0.3, -0.25) is 14.7 Å². The molecule has 4 heterocycles. The summed E-state index contributed by atoms with van der Waals surface area (Å²) in [5, 5.41) is 0. The Bertz CT molecular complexity index is 799. The van der Waals surface area contributed by atoms with Gasteiger partial charge in [0, 0.05) is 65.1 Å². The van der Waals surface area contributed by atoms with Crippen molar-refractivity contribution in [3.8, 4) is 0 Å². The van der Waals surface area contributed by atoms with Gasteiger partial charge in [-0.15, -0.1) is 0 Å². The van der Waals surface area contributed by atoms with Crippen LogP contribution in [0.4, 0.5) is 11.8 Å². The van der Waals surface area contributed by atoms with E-state index in [2.05, 4.69) is 29.7 Å². The van der Waals surface area contributed by atoms with Gasteiger partial charge in [-0.2, -0.15) is 4.98 Å². The molecule has 2 aliphatic rings. The lowest BCUT2D eigenvalue weighted by molar-refractivity contribution is 0.258. The molecule has 0 saturated carbocycles. The molecule has 0 bridgehead atoms. The maximum atomic E-state index is 12.4. The number of H-pyrrole nitrogens is 1. The fourth-order valence-corrected chi connectivity index (χ4v) is 3.66. The van der Waals surface area contributed by atoms with E-state index in [1.165, 1.54) is 0 Å². The SMILES string of the molecule is CN1CCCc2c1nc(N1CCN(CCc3ncccn3)CC1)[nH]c2=O. The molecule has 26 heavy (non-hydrogen) atoms. The minimum absolute atomic E-state index is 0.0141. The highest BCUT2D eigenvalue weighted by atomic mass is 16.1. The Morgan fingerprint density at radius 2 is 1.88 bits per heavy atom. The van der Waals surface area contributed by atoms with Crippen molar-refractivity contribution in [1.29, 1.82) is 0 Å². The molecule has 0 radical (unpaired) electrons. The van der Waals surface area contributed by atoms with E-state index in [-0.39, 0.29) is 5.56 Å². The first kappa shape index (κ1) is 17.0. The predicted molar refractivity (Wildman–Crippen MR) is 101 cm³/mol. The molecule has 1 N–H and O–H groups in total. The number of fused-ring (bicyclic) bond motifs is 1. The van der Waals surface area contributed by atoms with E-state index in [1.54, 1.807) is 12.4 Å². The van der Waals surface area contributed by atoms with Crippen LogP contribution in [0.3, 0.4) is 0 Å². The van der Waals surface area contributed by atoms with Gasteiger partial charge in [0.2, 0.25) is 5.95 Å². The van der Waals surface area contributed by atoms with Crippen LogP contribution in [0.1, 0.15) is 17.8 Å². The zero-order chi connectivity index (χ0) is 17.9. The second-order valence-corrected chi connectivity index (χ2v) is 6.96. The number of aromatic amines is 1. The van der Waals surface area contributed by atoms with Crippen LogP contribution in [-0.2, 0) is 12.8 Å². The van der Waals surface area contributed by atoms with Crippen molar-refractivity contribution in [2.45, 2.75) is 19.3 Å². The van der Waals surface area contributed by atoms with Crippen LogP contribution in [0, 0.1) is 0 Å². The molecule has 2 aromatic heterocycles. The summed E-state index contributed by atoms with van der Waals surface area (Å²) in [6.45, 7) is 5.53. The van der Waals surface area contributed by atoms with Gasteiger partial charge in [0.15, 0.2) is 0 Å². The maximum Gasteiger partial charge on any atom is 0.257 e. The molecule has 1 fully saturated rings. The molecule has 0 amide bonds. The summed E-state index contributed by atoms with van der Waals surface area (Å²) in [5.41, 5.74) is 0.837. The first-order valence-electron chi connectivity index (χ1n) is 9.28. The molecule has 0 aromatic carbocycles. The van der Waals surface area contributed by atoms with Crippen LogP contribution >= 0.6 is 0 Å². The molecule has 4 rings (SSSR count). The molecule has 0 atom stereocenters. The van der Waals surface area contributed by atoms with Crippen molar-refractivity contribution in [3.05, 3.63) is 40.2 Å². The number of nitrogens with one attached hydrogen (secondary N) is 1. The summed E-state index contributed by atoms with van der Waals surface area (Å²) in [4.78, 5) is 35.4. The molecule has 2 aromatic rings. The lowest BCUT2D eigenvalue weighted by Crippen LogP contribution is -2.48. The van der Waals surface area contributed by atoms with Gasteiger partial charge < -0.3 is 9.80 Å². The standard InChI is InChI=1S/C18H25N7O/c1-23-8-2-4-14-16(23)21-18(22-17(14)26)25-12-10-24(11-13-25)9-5-15-19-6-3-7-20-15/h3,6-7H,2,4-5,8-13H2,1H3,(H,21,22,26). The maximum absolute atomic E-state index is 12.4. The molecule has 2 aliphatic heterocycles. The van der Waals surface area contributed by atoms with Gasteiger partial charge >= 0.3 is 0 Å². The van der Waals surface area contributed by atoms with Crippen molar-refractivity contribution in [3.63, 3.8) is 0 Å². The van der Waals surface area contributed by atoms with Gasteiger partial charge in [0.05, 0.1) is 5.56 Å². The lowest BCUT2D eigenvalue weighted by Gasteiger charge is -2.35. The Kier molecular flexibility index (Phi) is 4.83. The molecular weight excluding hydrogens is 330 g/mol. The quantitative estimate of drug-likeness (QED) is 0.845.